The van der Waals surface area contributed by atoms with Crippen LogP contribution in [0.3, 0.4) is 0 Å². The van der Waals surface area contributed by atoms with Gasteiger partial charge in [0.2, 0.25) is 5.91 Å². The van der Waals surface area contributed by atoms with Crippen molar-refractivity contribution in [3.05, 3.63) is 65.8 Å². The molecule has 7 heteroatoms. The quantitative estimate of drug-likeness (QED) is 0.822. The van der Waals surface area contributed by atoms with Crippen LogP contribution in [-0.2, 0) is 4.79 Å². The van der Waals surface area contributed by atoms with Gasteiger partial charge in [0.25, 0.3) is 5.91 Å². The summed E-state index contributed by atoms with van der Waals surface area (Å²) in [5.41, 5.74) is 1.88. The summed E-state index contributed by atoms with van der Waals surface area (Å²) in [7, 11) is 0. The van der Waals surface area contributed by atoms with Crippen LogP contribution in [0.5, 0.6) is 0 Å². The molecule has 1 aromatic heterocycles. The van der Waals surface area contributed by atoms with Crippen LogP contribution < -0.4 is 0 Å². The number of likely N-dealkylation sites (tertiary alicyclic amines) is 2. The molecular formula is C23H26N4O3. The fourth-order valence-corrected chi connectivity index (χ4v) is 4.88. The molecule has 156 valence electrons. The predicted molar refractivity (Wildman–Crippen MR) is 113 cm³/mol. The van der Waals surface area contributed by atoms with Gasteiger partial charge in [-0.15, -0.1) is 0 Å². The molecule has 2 atom stereocenters. The zero-order valence-electron chi connectivity index (χ0n) is 17.2. The molecule has 0 saturated carbocycles. The number of benzene rings is 1. The number of nitrogens with zero attached hydrogens (tertiary/aromatic N) is 4. The Balaban J connectivity index is 1.69. The third-order valence-electron chi connectivity index (χ3n) is 6.20. The molecule has 2 aromatic rings. The molecule has 2 saturated heterocycles. The number of allylic oxidation sites excluding steroid dienone is 1. The normalized spacial score (nSPS) is 22.1. The van der Waals surface area contributed by atoms with Gasteiger partial charge in [-0.3, -0.25) is 14.6 Å². The highest BCUT2D eigenvalue weighted by molar-refractivity contribution is 5.94. The van der Waals surface area contributed by atoms with Crippen LogP contribution in [0.15, 0.2) is 48.9 Å². The number of carbonyl (C=O) groups excluding carboxylic acids is 2. The average Bonchev–Trinajstić information content (AvgIpc) is 2.74. The van der Waals surface area contributed by atoms with Gasteiger partial charge in [0.1, 0.15) is 5.69 Å². The molecule has 0 bridgehead atoms. The number of rotatable bonds is 5. The van der Waals surface area contributed by atoms with Crippen molar-refractivity contribution in [2.24, 2.45) is 0 Å². The molecule has 0 aliphatic carbocycles. The number of hydrogen-bond acceptors (Lipinski definition) is 5. The summed E-state index contributed by atoms with van der Waals surface area (Å²) >= 11 is 0. The highest BCUT2D eigenvalue weighted by Crippen LogP contribution is 2.54. The van der Waals surface area contributed by atoms with Crippen molar-refractivity contribution in [2.45, 2.75) is 37.8 Å². The lowest BCUT2D eigenvalue weighted by molar-refractivity contribution is -0.178. The topological polar surface area (TPSA) is 86.6 Å². The Kier molecular flexibility index (Phi) is 5.39. The molecule has 1 N–H and O–H groups in total. The van der Waals surface area contributed by atoms with Gasteiger partial charge in [-0.05, 0) is 18.1 Å². The van der Waals surface area contributed by atoms with Crippen LogP contribution >= 0.6 is 0 Å². The van der Waals surface area contributed by atoms with Crippen molar-refractivity contribution in [3.8, 4) is 0 Å². The maximum absolute atomic E-state index is 13.3. The number of carbonyl (C=O) groups is 2. The molecule has 2 aliphatic rings. The van der Waals surface area contributed by atoms with E-state index in [4.69, 9.17) is 0 Å². The van der Waals surface area contributed by atoms with E-state index in [9.17, 15) is 14.7 Å². The van der Waals surface area contributed by atoms with Gasteiger partial charge >= 0.3 is 0 Å². The van der Waals surface area contributed by atoms with Gasteiger partial charge in [0, 0.05) is 37.8 Å². The van der Waals surface area contributed by atoms with E-state index in [2.05, 4.69) is 22.1 Å². The van der Waals surface area contributed by atoms with Gasteiger partial charge < -0.3 is 14.9 Å². The molecule has 30 heavy (non-hydrogen) atoms. The Morgan fingerprint density at radius 2 is 1.97 bits per heavy atom. The van der Waals surface area contributed by atoms with Gasteiger partial charge in [0.15, 0.2) is 0 Å². The summed E-state index contributed by atoms with van der Waals surface area (Å²) in [4.78, 5) is 37.2. The van der Waals surface area contributed by atoms with Crippen molar-refractivity contribution in [2.75, 3.05) is 19.7 Å². The lowest BCUT2D eigenvalue weighted by Gasteiger charge is -2.70. The van der Waals surface area contributed by atoms with Crippen molar-refractivity contribution in [1.82, 2.24) is 19.8 Å². The Morgan fingerprint density at radius 3 is 2.53 bits per heavy atom. The molecule has 1 aromatic carbocycles. The van der Waals surface area contributed by atoms with Gasteiger partial charge in [-0.2, -0.15) is 0 Å². The maximum Gasteiger partial charge on any atom is 0.275 e. The van der Waals surface area contributed by atoms with E-state index in [1.807, 2.05) is 38.1 Å². The maximum atomic E-state index is 13.3. The van der Waals surface area contributed by atoms with E-state index >= 15 is 0 Å². The minimum atomic E-state index is -0.533. The van der Waals surface area contributed by atoms with Crippen LogP contribution in [0.4, 0.5) is 0 Å². The van der Waals surface area contributed by atoms with Crippen molar-refractivity contribution >= 4 is 17.9 Å². The Labute approximate surface area is 176 Å². The Bertz CT molecular complexity index is 952. The third kappa shape index (κ3) is 3.10. The molecule has 0 radical (unpaired) electrons. The number of aromatic nitrogens is 2. The van der Waals surface area contributed by atoms with E-state index < -0.39 is 5.54 Å². The SMILES string of the molecule is C/C=C/c1ccc([C@H]2[C@H](CO)N(C(=O)c3cnccn3)C23CN(C(=O)CC)C3)cc1. The number of aliphatic hydroxyl groups is 1. The first-order valence-corrected chi connectivity index (χ1v) is 10.3. The monoisotopic (exact) mass is 406 g/mol. The fourth-order valence-electron chi connectivity index (χ4n) is 4.88. The standard InChI is InChI=1S/C23H26N4O3/c1-3-5-16-6-8-17(9-7-16)21-19(13-28)27(22(30)18-12-24-10-11-25-18)23(21)14-26(15-23)20(29)4-2/h3,5-12,19,21,28H,4,13-15H2,1-2H3/b5-3+/t19-,21-/m0/s1. The smallest absolute Gasteiger partial charge is 0.275 e. The second kappa shape index (κ2) is 7.99. The van der Waals surface area contributed by atoms with Crippen LogP contribution in [0.1, 0.15) is 47.8 Å². The van der Waals surface area contributed by atoms with Crippen LogP contribution in [0.25, 0.3) is 6.08 Å². The number of amides is 2. The van der Waals surface area contributed by atoms with Crippen LogP contribution in [-0.4, -0.2) is 68.0 Å². The van der Waals surface area contributed by atoms with Crippen molar-refractivity contribution < 1.29 is 14.7 Å². The van der Waals surface area contributed by atoms with Crippen LogP contribution in [0.2, 0.25) is 0 Å². The van der Waals surface area contributed by atoms with Crippen LogP contribution in [0, 0.1) is 0 Å². The summed E-state index contributed by atoms with van der Waals surface area (Å²) < 4.78 is 0. The highest BCUT2D eigenvalue weighted by Gasteiger charge is 2.68. The molecule has 7 nitrogen and oxygen atoms in total. The molecule has 2 fully saturated rings. The fraction of sp³-hybridized carbons (Fsp3) is 0.391. The van der Waals surface area contributed by atoms with E-state index in [0.717, 1.165) is 11.1 Å². The number of hydrogen-bond donors (Lipinski definition) is 1. The summed E-state index contributed by atoms with van der Waals surface area (Å²) in [6, 6.07) is 7.82. The van der Waals surface area contributed by atoms with E-state index in [0.29, 0.717) is 19.5 Å². The summed E-state index contributed by atoms with van der Waals surface area (Å²) in [6.45, 7) is 4.58. The average molecular weight is 406 g/mol. The molecule has 3 heterocycles. The molecular weight excluding hydrogens is 380 g/mol. The van der Waals surface area contributed by atoms with E-state index in [-0.39, 0.29) is 36.1 Å². The molecule has 0 unspecified atom stereocenters. The van der Waals surface area contributed by atoms with Crippen molar-refractivity contribution in [3.63, 3.8) is 0 Å². The summed E-state index contributed by atoms with van der Waals surface area (Å²) in [5.74, 6) is -0.238. The first kappa shape index (κ1) is 20.2. The first-order chi connectivity index (χ1) is 14.6. The minimum absolute atomic E-state index is 0.0521. The highest BCUT2D eigenvalue weighted by atomic mass is 16.3. The van der Waals surface area contributed by atoms with E-state index in [1.54, 1.807) is 9.80 Å². The molecule has 4 rings (SSSR count). The largest absolute Gasteiger partial charge is 0.394 e. The predicted octanol–water partition coefficient (Wildman–Crippen LogP) is 2.10. The second-order valence-corrected chi connectivity index (χ2v) is 7.87. The lowest BCUT2D eigenvalue weighted by atomic mass is 9.60. The first-order valence-electron chi connectivity index (χ1n) is 10.3. The second-order valence-electron chi connectivity index (χ2n) is 7.87. The third-order valence-corrected chi connectivity index (χ3v) is 6.20. The molecule has 2 aliphatic heterocycles. The minimum Gasteiger partial charge on any atom is -0.394 e. The number of aliphatic hydroxyl groups excluding tert-OH is 1. The van der Waals surface area contributed by atoms with Gasteiger partial charge in [-0.25, -0.2) is 4.98 Å². The van der Waals surface area contributed by atoms with Gasteiger partial charge in [-0.1, -0.05) is 43.3 Å². The lowest BCUT2D eigenvalue weighted by Crippen LogP contribution is -2.86. The van der Waals surface area contributed by atoms with Gasteiger partial charge in [0.05, 0.1) is 24.4 Å². The molecule has 2 amide bonds. The summed E-state index contributed by atoms with van der Waals surface area (Å²) in [5, 5.41) is 10.2. The zero-order valence-corrected chi connectivity index (χ0v) is 17.2. The Hall–Kier alpha value is -3.06. The zero-order chi connectivity index (χ0) is 21.3. The van der Waals surface area contributed by atoms with Crippen molar-refractivity contribution in [1.29, 1.82) is 0 Å². The Morgan fingerprint density at radius 1 is 1.23 bits per heavy atom. The summed E-state index contributed by atoms with van der Waals surface area (Å²) in [6.07, 6.45) is 8.89. The van der Waals surface area contributed by atoms with E-state index in [1.165, 1.54) is 18.6 Å². The molecule has 1 spiro atoms.